The second-order valence-electron chi connectivity index (χ2n) is 2.86. The van der Waals surface area contributed by atoms with Gasteiger partial charge in [0.25, 0.3) is 0 Å². The minimum absolute atomic E-state index is 1.02. The van der Waals surface area contributed by atoms with Gasteiger partial charge in [0.05, 0.1) is 0 Å². The van der Waals surface area contributed by atoms with Crippen LogP contribution >= 0.6 is 0 Å². The van der Waals surface area contributed by atoms with E-state index in [0.29, 0.717) is 0 Å². The normalized spacial score (nSPS) is 11.8. The van der Waals surface area contributed by atoms with E-state index in [4.69, 9.17) is 12.6 Å². The number of rotatable bonds is 6. The Hall–Kier alpha value is -0.240. The molecule has 72 valence electrons. The molecule has 0 N–H and O–H groups in total. The average molecular weight is 186 g/mol. The summed E-state index contributed by atoms with van der Waals surface area (Å²) in [6.45, 7) is 8.54. The second-order valence-corrected chi connectivity index (χ2v) is 3.28. The molecule has 0 amide bonds. The average Bonchev–Trinajstić information content (AvgIpc) is 2.07. The number of nitrogens with zero attached hydrogens (tertiary/aromatic N) is 1. The molecule has 0 aromatic carbocycles. The van der Waals surface area contributed by atoms with E-state index in [9.17, 15) is 0 Å². The van der Waals surface area contributed by atoms with Crippen molar-refractivity contribution >= 4 is 12.6 Å². The standard InChI is InChI=1S/C10H21NS/c1-4-7-8-9-10(12)11(5-2)6-3/h9,12H,4-8H2,1-3H3/p-1/b10-9+. The predicted octanol–water partition coefficient (Wildman–Crippen LogP) is 2.91. The van der Waals surface area contributed by atoms with Gasteiger partial charge in [-0.15, -0.1) is 5.03 Å². The molecular weight excluding hydrogens is 166 g/mol. The first-order valence-electron chi connectivity index (χ1n) is 4.88. The van der Waals surface area contributed by atoms with E-state index >= 15 is 0 Å². The molecule has 0 bridgehead atoms. The van der Waals surface area contributed by atoms with Crippen LogP contribution in [0.2, 0.25) is 0 Å². The van der Waals surface area contributed by atoms with Gasteiger partial charge in [-0.2, -0.15) is 0 Å². The van der Waals surface area contributed by atoms with Crippen molar-refractivity contribution in [1.29, 1.82) is 0 Å². The van der Waals surface area contributed by atoms with Gasteiger partial charge in [0.15, 0.2) is 0 Å². The lowest BCUT2D eigenvalue weighted by atomic mass is 10.2. The van der Waals surface area contributed by atoms with Crippen molar-refractivity contribution in [1.82, 2.24) is 4.90 Å². The van der Waals surface area contributed by atoms with Crippen molar-refractivity contribution in [2.24, 2.45) is 0 Å². The summed E-state index contributed by atoms with van der Waals surface area (Å²) in [5, 5.41) is 1.02. The summed E-state index contributed by atoms with van der Waals surface area (Å²) < 4.78 is 0. The zero-order valence-electron chi connectivity index (χ0n) is 8.47. The Bertz CT molecular complexity index is 128. The van der Waals surface area contributed by atoms with Crippen molar-refractivity contribution in [2.45, 2.75) is 40.0 Å². The van der Waals surface area contributed by atoms with E-state index in [2.05, 4.69) is 31.7 Å². The van der Waals surface area contributed by atoms with E-state index < -0.39 is 0 Å². The summed E-state index contributed by atoms with van der Waals surface area (Å²) in [5.41, 5.74) is 0. The smallest absolute Gasteiger partial charge is 0.0127 e. The Morgan fingerprint density at radius 1 is 1.25 bits per heavy atom. The van der Waals surface area contributed by atoms with Gasteiger partial charge >= 0.3 is 0 Å². The molecule has 0 fully saturated rings. The quantitative estimate of drug-likeness (QED) is 0.463. The molecule has 1 nitrogen and oxygen atoms in total. The molecule has 0 atom stereocenters. The fraction of sp³-hybridized carbons (Fsp3) is 0.800. The van der Waals surface area contributed by atoms with Crippen LogP contribution in [0, 0.1) is 0 Å². The first-order chi connectivity index (χ1) is 5.76. The van der Waals surface area contributed by atoms with Crippen LogP contribution in [0.15, 0.2) is 11.1 Å². The molecule has 12 heavy (non-hydrogen) atoms. The van der Waals surface area contributed by atoms with Gasteiger partial charge < -0.3 is 17.5 Å². The van der Waals surface area contributed by atoms with Crippen LogP contribution in [0.25, 0.3) is 0 Å². The Labute approximate surface area is 82.2 Å². The van der Waals surface area contributed by atoms with Crippen LogP contribution in [0.3, 0.4) is 0 Å². The molecule has 0 aliphatic carbocycles. The zero-order chi connectivity index (χ0) is 9.40. The molecule has 0 aromatic rings. The zero-order valence-corrected chi connectivity index (χ0v) is 9.28. The largest absolute Gasteiger partial charge is 0.763 e. The Kier molecular flexibility index (Phi) is 7.26. The second kappa shape index (κ2) is 7.41. The molecule has 0 saturated carbocycles. The fourth-order valence-corrected chi connectivity index (χ4v) is 1.47. The summed E-state index contributed by atoms with van der Waals surface area (Å²) >= 11 is 5.26. The summed E-state index contributed by atoms with van der Waals surface area (Å²) in [6, 6.07) is 0. The highest BCUT2D eigenvalue weighted by atomic mass is 32.1. The van der Waals surface area contributed by atoms with Crippen molar-refractivity contribution in [2.75, 3.05) is 13.1 Å². The molecule has 0 aliphatic heterocycles. The van der Waals surface area contributed by atoms with Gasteiger partial charge in [-0.1, -0.05) is 25.8 Å². The molecular formula is C10H20NS-. The van der Waals surface area contributed by atoms with Gasteiger partial charge in [-0.25, -0.2) is 0 Å². The Morgan fingerprint density at radius 3 is 2.25 bits per heavy atom. The molecule has 0 saturated heterocycles. The maximum Gasteiger partial charge on any atom is 0.0127 e. The lowest BCUT2D eigenvalue weighted by Gasteiger charge is -2.29. The van der Waals surface area contributed by atoms with E-state index in [-0.39, 0.29) is 0 Å². The third-order valence-electron chi connectivity index (χ3n) is 1.95. The predicted molar refractivity (Wildman–Crippen MR) is 57.9 cm³/mol. The topological polar surface area (TPSA) is 3.24 Å². The minimum Gasteiger partial charge on any atom is -0.763 e. The van der Waals surface area contributed by atoms with Crippen molar-refractivity contribution in [3.05, 3.63) is 11.1 Å². The van der Waals surface area contributed by atoms with Crippen LogP contribution in [0.1, 0.15) is 40.0 Å². The van der Waals surface area contributed by atoms with Crippen LogP contribution < -0.4 is 0 Å². The van der Waals surface area contributed by atoms with Crippen molar-refractivity contribution in [3.63, 3.8) is 0 Å². The monoisotopic (exact) mass is 186 g/mol. The molecule has 0 spiro atoms. The summed E-state index contributed by atoms with van der Waals surface area (Å²) in [6.07, 6.45) is 5.80. The van der Waals surface area contributed by atoms with Crippen LogP contribution in [-0.2, 0) is 12.6 Å². The lowest BCUT2D eigenvalue weighted by molar-refractivity contribution is 0.407. The molecule has 0 radical (unpaired) electrons. The van der Waals surface area contributed by atoms with Gasteiger partial charge in [-0.05, 0) is 20.3 Å². The highest BCUT2D eigenvalue weighted by Crippen LogP contribution is 2.04. The third kappa shape index (κ3) is 4.60. The van der Waals surface area contributed by atoms with Gasteiger partial charge in [0.1, 0.15) is 0 Å². The van der Waals surface area contributed by atoms with Crippen molar-refractivity contribution < 1.29 is 0 Å². The Balaban J connectivity index is 3.79. The summed E-state index contributed by atoms with van der Waals surface area (Å²) in [4.78, 5) is 2.21. The molecule has 0 rings (SSSR count). The number of hydrogen-bond donors (Lipinski definition) is 0. The Morgan fingerprint density at radius 2 is 1.83 bits per heavy atom. The van der Waals surface area contributed by atoms with Crippen LogP contribution in [0.5, 0.6) is 0 Å². The highest BCUT2D eigenvalue weighted by molar-refractivity contribution is 7.63. The summed E-state index contributed by atoms with van der Waals surface area (Å²) in [5.74, 6) is 0. The van der Waals surface area contributed by atoms with Gasteiger partial charge in [0, 0.05) is 13.1 Å². The SMILES string of the molecule is CCCC/C=C(/[S-])N(CC)CC. The molecule has 2 heteroatoms. The van der Waals surface area contributed by atoms with Crippen LogP contribution in [0.4, 0.5) is 0 Å². The first kappa shape index (κ1) is 11.8. The number of unbranched alkanes of at least 4 members (excludes halogenated alkanes) is 2. The van der Waals surface area contributed by atoms with Gasteiger partial charge in [0.2, 0.25) is 0 Å². The maximum absolute atomic E-state index is 5.26. The molecule has 0 aliphatic rings. The third-order valence-corrected chi connectivity index (χ3v) is 2.38. The minimum atomic E-state index is 1.02. The van der Waals surface area contributed by atoms with Crippen LogP contribution in [-0.4, -0.2) is 18.0 Å². The molecule has 0 aromatic heterocycles. The van der Waals surface area contributed by atoms with E-state index in [1.54, 1.807) is 0 Å². The van der Waals surface area contributed by atoms with E-state index in [1.807, 2.05) is 0 Å². The van der Waals surface area contributed by atoms with Crippen molar-refractivity contribution in [3.8, 4) is 0 Å². The number of hydrogen-bond acceptors (Lipinski definition) is 2. The van der Waals surface area contributed by atoms with E-state index in [1.165, 1.54) is 12.8 Å². The summed E-state index contributed by atoms with van der Waals surface area (Å²) in [7, 11) is 0. The molecule has 0 heterocycles. The number of allylic oxidation sites excluding steroid dienone is 1. The van der Waals surface area contributed by atoms with Gasteiger partial charge in [-0.3, -0.25) is 0 Å². The maximum atomic E-state index is 5.26. The molecule has 0 unspecified atom stereocenters. The first-order valence-corrected chi connectivity index (χ1v) is 5.29. The lowest BCUT2D eigenvalue weighted by Crippen LogP contribution is -2.20. The highest BCUT2D eigenvalue weighted by Gasteiger charge is 1.91. The fourth-order valence-electron chi connectivity index (χ4n) is 1.09. The van der Waals surface area contributed by atoms with E-state index in [0.717, 1.165) is 24.5 Å².